The number of aromatic nitrogens is 4. The molecule has 5 amide bonds. The summed E-state index contributed by atoms with van der Waals surface area (Å²) in [6, 6.07) is 11.8. The number of halogens is 1. The summed E-state index contributed by atoms with van der Waals surface area (Å²) < 4.78 is 22.6. The standard InChI is InChI=1S/C48H51FN10O6/c1-27-16-28(2)50-24-37(27)35-17-30-19-41(51-23-31(30)18-38(35)49)52-42-22-33-10-15-57(44(61)26-58(33)54-42)32-8-11-55(12-9-32)25-29-6-13-56(14-7-29)34-20-36-45(40(21-34)65-3)48(64)59(47(36)63)39-4-5-43(60)53-46(39)62/h16-24,29,32,39H,4-15,25-26H2,1-3H3,(H,51,52,54)(H,53,60,62). The minimum atomic E-state index is -1.04. The Morgan fingerprint density at radius 1 is 0.785 bits per heavy atom. The van der Waals surface area contributed by atoms with Crippen LogP contribution in [0.3, 0.4) is 0 Å². The van der Waals surface area contributed by atoms with E-state index in [1.54, 1.807) is 29.2 Å². The van der Waals surface area contributed by atoms with Crippen LogP contribution in [0.15, 0.2) is 54.9 Å². The summed E-state index contributed by atoms with van der Waals surface area (Å²) >= 11 is 0. The van der Waals surface area contributed by atoms with Gasteiger partial charge in [-0.25, -0.2) is 9.37 Å². The molecule has 3 saturated heterocycles. The first kappa shape index (κ1) is 42.2. The molecule has 2 aromatic carbocycles. The van der Waals surface area contributed by atoms with E-state index in [2.05, 4.69) is 35.3 Å². The molecule has 65 heavy (non-hydrogen) atoms. The lowest BCUT2D eigenvalue weighted by molar-refractivity contribution is -0.136. The van der Waals surface area contributed by atoms with E-state index in [0.717, 1.165) is 96.9 Å². The number of imide groups is 2. The highest BCUT2D eigenvalue weighted by Gasteiger charge is 2.46. The van der Waals surface area contributed by atoms with Gasteiger partial charge in [0, 0.05) is 116 Å². The highest BCUT2D eigenvalue weighted by atomic mass is 19.1. The van der Waals surface area contributed by atoms with Crippen molar-refractivity contribution in [2.75, 3.05) is 56.6 Å². The average molecular weight is 883 g/mol. The molecule has 5 aromatic rings. The summed E-state index contributed by atoms with van der Waals surface area (Å²) in [6.07, 6.45) is 7.95. The Kier molecular flexibility index (Phi) is 11.0. The average Bonchev–Trinajstić information content (AvgIpc) is 3.73. The van der Waals surface area contributed by atoms with E-state index in [0.29, 0.717) is 47.2 Å². The van der Waals surface area contributed by atoms with E-state index in [1.807, 2.05) is 38.1 Å². The quantitative estimate of drug-likeness (QED) is 0.186. The fourth-order valence-corrected chi connectivity index (χ4v) is 10.4. The number of piperidine rings is 3. The fourth-order valence-electron chi connectivity index (χ4n) is 10.4. The van der Waals surface area contributed by atoms with Crippen LogP contribution >= 0.6 is 0 Å². The Morgan fingerprint density at radius 3 is 2.34 bits per heavy atom. The van der Waals surface area contributed by atoms with Gasteiger partial charge < -0.3 is 24.8 Å². The number of carbonyl (C=O) groups excluding carboxylic acids is 5. The number of anilines is 3. The Hall–Kier alpha value is -6.75. The van der Waals surface area contributed by atoms with Crippen LogP contribution in [0.5, 0.6) is 5.75 Å². The second kappa shape index (κ2) is 17.0. The van der Waals surface area contributed by atoms with Crippen molar-refractivity contribution in [2.45, 2.75) is 77.4 Å². The normalized spacial score (nSPS) is 20.0. The lowest BCUT2D eigenvalue weighted by Gasteiger charge is -2.41. The van der Waals surface area contributed by atoms with Crippen LogP contribution in [0, 0.1) is 25.6 Å². The summed E-state index contributed by atoms with van der Waals surface area (Å²) in [5, 5.41) is 11.8. The van der Waals surface area contributed by atoms with Crippen molar-refractivity contribution in [1.29, 1.82) is 0 Å². The van der Waals surface area contributed by atoms with E-state index < -0.39 is 29.7 Å². The maximum atomic E-state index is 15.2. The van der Waals surface area contributed by atoms with Gasteiger partial charge in [0.05, 0.1) is 18.2 Å². The number of amides is 5. The Labute approximate surface area is 375 Å². The maximum Gasteiger partial charge on any atom is 0.266 e. The molecular weight excluding hydrogens is 832 g/mol. The molecule has 16 nitrogen and oxygen atoms in total. The number of ether oxygens (including phenoxy) is 1. The van der Waals surface area contributed by atoms with Gasteiger partial charge in [0.1, 0.15) is 30.0 Å². The first-order valence-corrected chi connectivity index (χ1v) is 22.5. The summed E-state index contributed by atoms with van der Waals surface area (Å²) in [6.45, 7) is 9.06. The zero-order valence-electron chi connectivity index (χ0n) is 36.7. The SMILES string of the molecule is COc1cc(N2CCC(CN3CCC(N4CCc5cc(Nc6cc7cc(-c8cnc(C)cc8C)c(F)cc7cn6)nn5CC4=O)CC3)CC2)cc2c1C(=O)N(C1CCC(=O)NC1=O)C2=O. The van der Waals surface area contributed by atoms with Crippen molar-refractivity contribution in [3.05, 3.63) is 88.8 Å². The van der Waals surface area contributed by atoms with Crippen molar-refractivity contribution in [1.82, 2.24) is 39.8 Å². The number of carbonyl (C=O) groups is 5. The molecule has 0 spiro atoms. The Bertz CT molecular complexity index is 2780. The van der Waals surface area contributed by atoms with Crippen LogP contribution in [-0.4, -0.2) is 122 Å². The molecule has 3 fully saturated rings. The number of nitrogens with zero attached hydrogens (tertiary/aromatic N) is 8. The number of hydrogen-bond acceptors (Lipinski definition) is 12. The third-order valence-electron chi connectivity index (χ3n) is 13.9. The minimum absolute atomic E-state index is 0.0563. The van der Waals surface area contributed by atoms with Gasteiger partial charge in [0.2, 0.25) is 17.7 Å². The molecule has 0 radical (unpaired) electrons. The van der Waals surface area contributed by atoms with E-state index in [4.69, 9.17) is 9.84 Å². The second-order valence-corrected chi connectivity index (χ2v) is 18.0. The van der Waals surface area contributed by atoms with Crippen molar-refractivity contribution >= 4 is 57.6 Å². The predicted octanol–water partition coefficient (Wildman–Crippen LogP) is 5.17. The van der Waals surface area contributed by atoms with Gasteiger partial charge in [-0.3, -0.25) is 43.9 Å². The Morgan fingerprint density at radius 2 is 1.58 bits per heavy atom. The van der Waals surface area contributed by atoms with E-state index >= 15 is 4.39 Å². The van der Waals surface area contributed by atoms with E-state index in [1.165, 1.54) is 13.2 Å². The Balaban J connectivity index is 0.713. The molecule has 5 aliphatic heterocycles. The highest BCUT2D eigenvalue weighted by Crippen LogP contribution is 2.39. The summed E-state index contributed by atoms with van der Waals surface area (Å²) in [5.74, 6) is -0.486. The molecule has 0 bridgehead atoms. The molecule has 17 heteroatoms. The zero-order chi connectivity index (χ0) is 45.1. The lowest BCUT2D eigenvalue weighted by Crippen LogP contribution is -2.54. The minimum Gasteiger partial charge on any atom is -0.496 e. The predicted molar refractivity (Wildman–Crippen MR) is 239 cm³/mol. The lowest BCUT2D eigenvalue weighted by atomic mass is 9.93. The number of aryl methyl sites for hydroxylation is 2. The van der Waals surface area contributed by atoms with Crippen molar-refractivity contribution in [2.24, 2.45) is 5.92 Å². The molecule has 1 unspecified atom stereocenters. The number of methoxy groups -OCH3 is 1. The monoisotopic (exact) mass is 882 g/mol. The molecule has 10 rings (SSSR count). The fraction of sp³-hybridized carbons (Fsp3) is 0.417. The molecule has 8 heterocycles. The third kappa shape index (κ3) is 8.06. The van der Waals surface area contributed by atoms with Gasteiger partial charge in [-0.15, -0.1) is 0 Å². The zero-order valence-corrected chi connectivity index (χ0v) is 36.7. The van der Waals surface area contributed by atoms with Crippen LogP contribution in [0.25, 0.3) is 21.9 Å². The number of benzene rings is 2. The first-order chi connectivity index (χ1) is 31.4. The van der Waals surface area contributed by atoms with E-state index in [9.17, 15) is 24.0 Å². The van der Waals surface area contributed by atoms with Crippen molar-refractivity contribution < 1.29 is 33.1 Å². The summed E-state index contributed by atoms with van der Waals surface area (Å²) in [7, 11) is 1.46. The first-order valence-electron chi connectivity index (χ1n) is 22.5. The molecule has 3 aromatic heterocycles. The topological polar surface area (TPSA) is 175 Å². The van der Waals surface area contributed by atoms with E-state index in [-0.39, 0.29) is 48.3 Å². The molecule has 1 atom stereocenters. The van der Waals surface area contributed by atoms with Gasteiger partial charge in [-0.05, 0) is 93.2 Å². The number of hydrogen-bond donors (Lipinski definition) is 2. The molecule has 5 aliphatic rings. The van der Waals surface area contributed by atoms with Gasteiger partial charge in [-0.1, -0.05) is 0 Å². The van der Waals surface area contributed by atoms with Gasteiger partial charge in [0.15, 0.2) is 5.82 Å². The second-order valence-electron chi connectivity index (χ2n) is 18.0. The van der Waals surface area contributed by atoms with Crippen LogP contribution in [0.4, 0.5) is 21.7 Å². The maximum absolute atomic E-state index is 15.2. The van der Waals surface area contributed by atoms with Crippen LogP contribution < -0.4 is 20.3 Å². The molecular formula is C48H51FN10O6. The third-order valence-corrected chi connectivity index (χ3v) is 13.9. The molecule has 336 valence electrons. The molecule has 2 N–H and O–H groups in total. The summed E-state index contributed by atoms with van der Waals surface area (Å²) in [4.78, 5) is 81.7. The molecule has 0 saturated carbocycles. The van der Waals surface area contributed by atoms with Crippen molar-refractivity contribution in [3.63, 3.8) is 0 Å². The largest absolute Gasteiger partial charge is 0.496 e. The van der Waals surface area contributed by atoms with Gasteiger partial charge in [0.25, 0.3) is 11.8 Å². The number of likely N-dealkylation sites (tertiary alicyclic amines) is 1. The van der Waals surface area contributed by atoms with Gasteiger partial charge in [-0.2, -0.15) is 5.10 Å². The number of rotatable bonds is 9. The van der Waals surface area contributed by atoms with Crippen molar-refractivity contribution in [3.8, 4) is 16.9 Å². The number of nitrogens with one attached hydrogen (secondary N) is 2. The molecule has 0 aliphatic carbocycles. The smallest absolute Gasteiger partial charge is 0.266 e. The number of fused-ring (bicyclic) bond motifs is 3. The highest BCUT2D eigenvalue weighted by molar-refractivity contribution is 6.25. The number of pyridine rings is 2. The van der Waals surface area contributed by atoms with Crippen LogP contribution in [0.2, 0.25) is 0 Å². The van der Waals surface area contributed by atoms with Crippen LogP contribution in [-0.2, 0) is 27.3 Å². The van der Waals surface area contributed by atoms with Gasteiger partial charge >= 0.3 is 0 Å². The summed E-state index contributed by atoms with van der Waals surface area (Å²) in [5.41, 5.74) is 5.21. The van der Waals surface area contributed by atoms with Crippen LogP contribution in [0.1, 0.15) is 76.2 Å².